The van der Waals surface area contributed by atoms with Gasteiger partial charge in [0.2, 0.25) is 0 Å². The highest BCUT2D eigenvalue weighted by molar-refractivity contribution is 7.89. The topological polar surface area (TPSA) is 96.1 Å². The third-order valence-corrected chi connectivity index (χ3v) is 4.19. The first kappa shape index (κ1) is 17.1. The molecule has 0 bridgehead atoms. The van der Waals surface area contributed by atoms with Gasteiger partial charge < -0.3 is 10.1 Å². The number of nitrogens with one attached hydrogen (secondary N) is 3. The maximum Gasteiger partial charge on any atom is 0.260 e. The van der Waals surface area contributed by atoms with Crippen molar-refractivity contribution in [2.75, 3.05) is 26.3 Å². The number of rotatable bonds is 10. The van der Waals surface area contributed by atoms with Crippen molar-refractivity contribution in [3.05, 3.63) is 11.3 Å². The lowest BCUT2D eigenvalue weighted by molar-refractivity contribution is 0.153. The summed E-state index contributed by atoms with van der Waals surface area (Å²) in [5, 5.41) is 9.90. The van der Waals surface area contributed by atoms with Crippen molar-refractivity contribution in [3.63, 3.8) is 0 Å². The summed E-state index contributed by atoms with van der Waals surface area (Å²) in [5.41, 5.74) is 1.45. The van der Waals surface area contributed by atoms with Crippen LogP contribution < -0.4 is 10.0 Å². The molecule has 0 aliphatic rings. The maximum atomic E-state index is 12.2. The smallest absolute Gasteiger partial charge is 0.260 e. The molecule has 0 atom stereocenters. The zero-order valence-electron chi connectivity index (χ0n) is 12.3. The van der Waals surface area contributed by atoms with Crippen molar-refractivity contribution in [1.82, 2.24) is 20.2 Å². The summed E-state index contributed by atoms with van der Waals surface area (Å²) in [5.74, 6) is 0. The van der Waals surface area contributed by atoms with Gasteiger partial charge in [-0.3, -0.25) is 5.10 Å². The summed E-state index contributed by atoms with van der Waals surface area (Å²) in [6.45, 7) is 8.21. The summed E-state index contributed by atoms with van der Waals surface area (Å²) in [6.07, 6.45) is 0.992. The Morgan fingerprint density at radius 1 is 1.30 bits per heavy atom. The predicted octanol–water partition coefficient (Wildman–Crippen LogP) is 0.533. The Labute approximate surface area is 120 Å². The molecule has 0 spiro atoms. The Bertz CT molecular complexity index is 499. The first-order valence-electron chi connectivity index (χ1n) is 6.84. The second-order valence-corrected chi connectivity index (χ2v) is 6.09. The van der Waals surface area contributed by atoms with E-state index in [4.69, 9.17) is 4.74 Å². The van der Waals surface area contributed by atoms with Crippen molar-refractivity contribution in [1.29, 1.82) is 0 Å². The number of sulfonamides is 1. The molecule has 7 nitrogen and oxygen atoms in total. The van der Waals surface area contributed by atoms with Crippen LogP contribution in [0.25, 0.3) is 0 Å². The summed E-state index contributed by atoms with van der Waals surface area (Å²) in [4.78, 5) is 0. The molecule has 0 radical (unpaired) electrons. The van der Waals surface area contributed by atoms with Gasteiger partial charge in [0, 0.05) is 31.0 Å². The van der Waals surface area contributed by atoms with Crippen LogP contribution in [0.3, 0.4) is 0 Å². The summed E-state index contributed by atoms with van der Waals surface area (Å²) in [6, 6.07) is 0. The van der Waals surface area contributed by atoms with E-state index >= 15 is 0 Å². The van der Waals surface area contributed by atoms with Gasteiger partial charge in [-0.2, -0.15) is 5.10 Å². The van der Waals surface area contributed by atoms with Gasteiger partial charge in [0.15, 0.2) is 5.03 Å². The van der Waals surface area contributed by atoms with Crippen LogP contribution in [0.4, 0.5) is 0 Å². The fourth-order valence-electron chi connectivity index (χ4n) is 1.71. The lowest BCUT2D eigenvalue weighted by Crippen LogP contribution is -2.29. The standard InChI is InChI=1S/C12H24N4O3S/c1-4-6-13-9-11-10(3)15-16-12(11)20(17,18)14-7-8-19-5-2/h13-14H,4-9H2,1-3H3,(H,15,16). The molecule has 0 fully saturated rings. The average Bonchev–Trinajstić information content (AvgIpc) is 2.78. The first-order chi connectivity index (χ1) is 9.53. The van der Waals surface area contributed by atoms with Crippen molar-refractivity contribution in [2.24, 2.45) is 0 Å². The minimum absolute atomic E-state index is 0.0649. The lowest BCUT2D eigenvalue weighted by atomic mass is 10.2. The van der Waals surface area contributed by atoms with Gasteiger partial charge in [0.05, 0.1) is 6.61 Å². The third kappa shape index (κ3) is 4.86. The highest BCUT2D eigenvalue weighted by Crippen LogP contribution is 2.15. The number of aromatic amines is 1. The number of hydrogen-bond acceptors (Lipinski definition) is 5. The van der Waals surface area contributed by atoms with Gasteiger partial charge in [-0.25, -0.2) is 13.1 Å². The van der Waals surface area contributed by atoms with E-state index in [1.54, 1.807) is 0 Å². The Balaban J connectivity index is 2.73. The minimum Gasteiger partial charge on any atom is -0.380 e. The third-order valence-electron chi connectivity index (χ3n) is 2.76. The zero-order chi connectivity index (χ0) is 15.0. The van der Waals surface area contributed by atoms with Crippen LogP contribution in [0.1, 0.15) is 31.5 Å². The van der Waals surface area contributed by atoms with E-state index in [2.05, 4.69) is 27.2 Å². The number of aromatic nitrogens is 2. The van der Waals surface area contributed by atoms with Crippen LogP contribution in [0.5, 0.6) is 0 Å². The van der Waals surface area contributed by atoms with Gasteiger partial charge in [0.1, 0.15) is 0 Å². The molecule has 0 aliphatic heterocycles. The summed E-state index contributed by atoms with van der Waals surface area (Å²) in [7, 11) is -3.60. The largest absolute Gasteiger partial charge is 0.380 e. The molecule has 116 valence electrons. The number of nitrogens with zero attached hydrogens (tertiary/aromatic N) is 1. The minimum atomic E-state index is -3.60. The Kier molecular flexibility index (Phi) is 7.14. The number of hydrogen-bond donors (Lipinski definition) is 3. The fraction of sp³-hybridized carbons (Fsp3) is 0.750. The second kappa shape index (κ2) is 8.35. The molecule has 0 amide bonds. The van der Waals surface area contributed by atoms with Crippen LogP contribution in [0, 0.1) is 6.92 Å². The van der Waals surface area contributed by atoms with Crippen molar-refractivity contribution in [3.8, 4) is 0 Å². The first-order valence-corrected chi connectivity index (χ1v) is 8.33. The molecule has 1 aromatic rings. The normalized spacial score (nSPS) is 11.9. The van der Waals surface area contributed by atoms with Crippen LogP contribution >= 0.6 is 0 Å². The van der Waals surface area contributed by atoms with E-state index < -0.39 is 10.0 Å². The molecule has 20 heavy (non-hydrogen) atoms. The molecule has 0 unspecified atom stereocenters. The summed E-state index contributed by atoms with van der Waals surface area (Å²) < 4.78 is 32.0. The fourth-order valence-corrected chi connectivity index (χ4v) is 2.92. The molecular formula is C12H24N4O3S. The Hall–Kier alpha value is -0.960. The molecule has 0 saturated heterocycles. The zero-order valence-corrected chi connectivity index (χ0v) is 13.1. The molecule has 0 aromatic carbocycles. The molecular weight excluding hydrogens is 280 g/mol. The van der Waals surface area contributed by atoms with E-state index in [-0.39, 0.29) is 11.6 Å². The number of H-pyrrole nitrogens is 1. The van der Waals surface area contributed by atoms with E-state index in [0.29, 0.717) is 25.3 Å². The highest BCUT2D eigenvalue weighted by Gasteiger charge is 2.23. The molecule has 0 aliphatic carbocycles. The number of aryl methyl sites for hydroxylation is 1. The SMILES string of the molecule is CCCNCc1c(S(=O)(=O)NCCOCC)n[nH]c1C. The van der Waals surface area contributed by atoms with Crippen LogP contribution in [-0.4, -0.2) is 44.9 Å². The van der Waals surface area contributed by atoms with E-state index in [1.165, 1.54) is 0 Å². The van der Waals surface area contributed by atoms with Crippen molar-refractivity contribution < 1.29 is 13.2 Å². The molecule has 1 heterocycles. The average molecular weight is 304 g/mol. The van der Waals surface area contributed by atoms with Gasteiger partial charge >= 0.3 is 0 Å². The summed E-state index contributed by atoms with van der Waals surface area (Å²) >= 11 is 0. The highest BCUT2D eigenvalue weighted by atomic mass is 32.2. The quantitative estimate of drug-likeness (QED) is 0.548. The van der Waals surface area contributed by atoms with Gasteiger partial charge in [-0.15, -0.1) is 0 Å². The second-order valence-electron chi connectivity index (χ2n) is 4.40. The molecule has 0 saturated carbocycles. The van der Waals surface area contributed by atoms with E-state index in [1.807, 2.05) is 13.8 Å². The molecule has 1 aromatic heterocycles. The van der Waals surface area contributed by atoms with Gasteiger partial charge in [-0.05, 0) is 26.8 Å². The van der Waals surface area contributed by atoms with Crippen LogP contribution in [0.2, 0.25) is 0 Å². The Morgan fingerprint density at radius 3 is 2.70 bits per heavy atom. The Morgan fingerprint density at radius 2 is 2.05 bits per heavy atom. The van der Waals surface area contributed by atoms with Crippen molar-refractivity contribution >= 4 is 10.0 Å². The maximum absolute atomic E-state index is 12.2. The van der Waals surface area contributed by atoms with Gasteiger partial charge in [-0.1, -0.05) is 6.92 Å². The van der Waals surface area contributed by atoms with Crippen molar-refractivity contribution in [2.45, 2.75) is 38.8 Å². The lowest BCUT2D eigenvalue weighted by Gasteiger charge is -2.08. The number of ether oxygens (including phenoxy) is 1. The molecule has 8 heteroatoms. The van der Waals surface area contributed by atoms with Gasteiger partial charge in [0.25, 0.3) is 10.0 Å². The predicted molar refractivity (Wildman–Crippen MR) is 77.0 cm³/mol. The molecule has 3 N–H and O–H groups in total. The van der Waals surface area contributed by atoms with E-state index in [9.17, 15) is 8.42 Å². The van der Waals surface area contributed by atoms with Crippen LogP contribution in [0.15, 0.2) is 5.03 Å². The molecule has 1 rings (SSSR count). The van der Waals surface area contributed by atoms with Crippen LogP contribution in [-0.2, 0) is 21.3 Å². The monoisotopic (exact) mass is 304 g/mol. The van der Waals surface area contributed by atoms with E-state index in [0.717, 1.165) is 18.7 Å².